The normalized spacial score (nSPS) is 16.8. The van der Waals surface area contributed by atoms with Gasteiger partial charge in [0.05, 0.1) is 0 Å². The van der Waals surface area contributed by atoms with Crippen LogP contribution in [0.4, 0.5) is 0 Å². The summed E-state index contributed by atoms with van der Waals surface area (Å²) < 4.78 is 7.33. The summed E-state index contributed by atoms with van der Waals surface area (Å²) in [6.45, 7) is 12.0. The lowest BCUT2D eigenvalue weighted by atomic mass is 10.2. The van der Waals surface area contributed by atoms with Crippen LogP contribution in [0.1, 0.15) is 45.3 Å². The van der Waals surface area contributed by atoms with Gasteiger partial charge in [-0.3, -0.25) is 4.79 Å². The Kier molecular flexibility index (Phi) is 11.5. The SMILES string of the molecule is CCOCCCNC(=NCc1nnc(C)n1C)NC1CCN(C(=O)C(C)C)C1.I. The van der Waals surface area contributed by atoms with Crippen LogP contribution in [0.25, 0.3) is 0 Å². The number of aromatic nitrogens is 3. The molecule has 0 aromatic carbocycles. The van der Waals surface area contributed by atoms with E-state index in [1.165, 1.54) is 0 Å². The lowest BCUT2D eigenvalue weighted by molar-refractivity contribution is -0.133. The zero-order valence-corrected chi connectivity index (χ0v) is 20.6. The summed E-state index contributed by atoms with van der Waals surface area (Å²) in [6, 6.07) is 0.196. The first kappa shape index (κ1) is 25.6. The third-order valence-electron chi connectivity index (χ3n) is 4.86. The average molecular weight is 521 g/mol. The van der Waals surface area contributed by atoms with Crippen LogP contribution in [0.5, 0.6) is 0 Å². The van der Waals surface area contributed by atoms with E-state index in [2.05, 4.69) is 25.8 Å². The molecule has 1 fully saturated rings. The van der Waals surface area contributed by atoms with E-state index >= 15 is 0 Å². The maximum atomic E-state index is 12.2. The highest BCUT2D eigenvalue weighted by Crippen LogP contribution is 2.12. The van der Waals surface area contributed by atoms with Gasteiger partial charge < -0.3 is 24.8 Å². The Morgan fingerprint density at radius 1 is 1.38 bits per heavy atom. The summed E-state index contributed by atoms with van der Waals surface area (Å²) >= 11 is 0. The molecule has 9 nitrogen and oxygen atoms in total. The molecule has 0 saturated carbocycles. The van der Waals surface area contributed by atoms with Crippen LogP contribution < -0.4 is 10.6 Å². The molecule has 1 aromatic rings. The molecule has 10 heteroatoms. The third kappa shape index (κ3) is 8.07. The van der Waals surface area contributed by atoms with Crippen molar-refractivity contribution in [3.8, 4) is 0 Å². The minimum Gasteiger partial charge on any atom is -0.382 e. The number of nitrogens with zero attached hydrogens (tertiary/aromatic N) is 5. The Bertz CT molecular complexity index is 663. The topological polar surface area (TPSA) is 96.7 Å². The van der Waals surface area contributed by atoms with E-state index in [0.29, 0.717) is 13.1 Å². The summed E-state index contributed by atoms with van der Waals surface area (Å²) in [5.74, 6) is 2.66. The van der Waals surface area contributed by atoms with E-state index in [1.807, 2.05) is 44.2 Å². The number of amides is 1. The number of ether oxygens (including phenoxy) is 1. The number of rotatable bonds is 9. The number of carbonyl (C=O) groups excluding carboxylic acids is 1. The summed E-state index contributed by atoms with van der Waals surface area (Å²) in [6.07, 6.45) is 1.82. The van der Waals surface area contributed by atoms with E-state index < -0.39 is 0 Å². The largest absolute Gasteiger partial charge is 0.382 e. The second-order valence-corrected chi connectivity index (χ2v) is 7.43. The zero-order valence-electron chi connectivity index (χ0n) is 18.3. The van der Waals surface area contributed by atoms with Crippen LogP contribution >= 0.6 is 24.0 Å². The number of aliphatic imine (C=N–C) groups is 1. The first-order chi connectivity index (χ1) is 13.4. The van der Waals surface area contributed by atoms with Gasteiger partial charge in [-0.15, -0.1) is 34.2 Å². The Morgan fingerprint density at radius 2 is 2.14 bits per heavy atom. The number of aryl methyl sites for hydroxylation is 1. The van der Waals surface area contributed by atoms with Gasteiger partial charge in [0.15, 0.2) is 11.8 Å². The number of halogens is 1. The van der Waals surface area contributed by atoms with Crippen LogP contribution in [0.3, 0.4) is 0 Å². The number of hydrogen-bond donors (Lipinski definition) is 2. The maximum absolute atomic E-state index is 12.2. The molecule has 1 aliphatic rings. The van der Waals surface area contributed by atoms with Gasteiger partial charge in [0.2, 0.25) is 5.91 Å². The van der Waals surface area contributed by atoms with Gasteiger partial charge in [0.1, 0.15) is 12.4 Å². The maximum Gasteiger partial charge on any atom is 0.225 e. The Morgan fingerprint density at radius 3 is 2.76 bits per heavy atom. The Labute approximate surface area is 191 Å². The molecule has 2 N–H and O–H groups in total. The average Bonchev–Trinajstić information content (AvgIpc) is 3.26. The van der Waals surface area contributed by atoms with Crippen molar-refractivity contribution in [2.45, 2.75) is 53.1 Å². The molecule has 29 heavy (non-hydrogen) atoms. The molecule has 0 aliphatic carbocycles. The second-order valence-electron chi connectivity index (χ2n) is 7.43. The standard InChI is InChI=1S/C19H35N7O2.HI/c1-6-28-11-7-9-20-19(21-12-17-24-23-15(4)25(17)5)22-16-8-10-26(13-16)18(27)14(2)3;/h14,16H,6-13H2,1-5H3,(H2,20,21,22);1H. The van der Waals surface area contributed by atoms with Crippen molar-refractivity contribution in [3.63, 3.8) is 0 Å². The van der Waals surface area contributed by atoms with E-state index in [-0.39, 0.29) is 41.8 Å². The van der Waals surface area contributed by atoms with Crippen molar-refractivity contribution in [1.82, 2.24) is 30.3 Å². The van der Waals surface area contributed by atoms with E-state index in [0.717, 1.165) is 56.8 Å². The van der Waals surface area contributed by atoms with Crippen LogP contribution in [0.15, 0.2) is 4.99 Å². The van der Waals surface area contributed by atoms with Crippen LogP contribution in [0, 0.1) is 12.8 Å². The van der Waals surface area contributed by atoms with Gasteiger partial charge in [0, 0.05) is 51.9 Å². The highest BCUT2D eigenvalue weighted by Gasteiger charge is 2.28. The molecule has 1 saturated heterocycles. The van der Waals surface area contributed by atoms with Gasteiger partial charge in [-0.05, 0) is 26.7 Å². The Hall–Kier alpha value is -1.43. The van der Waals surface area contributed by atoms with Crippen molar-refractivity contribution < 1.29 is 9.53 Å². The fourth-order valence-electron chi connectivity index (χ4n) is 3.05. The Balaban J connectivity index is 0.00000420. The fraction of sp³-hybridized carbons (Fsp3) is 0.789. The van der Waals surface area contributed by atoms with Gasteiger partial charge in [-0.1, -0.05) is 13.8 Å². The summed E-state index contributed by atoms with van der Waals surface area (Å²) in [4.78, 5) is 18.8. The van der Waals surface area contributed by atoms with Gasteiger partial charge >= 0.3 is 0 Å². The quantitative estimate of drug-likeness (QED) is 0.221. The third-order valence-corrected chi connectivity index (χ3v) is 4.86. The summed E-state index contributed by atoms with van der Waals surface area (Å²) in [7, 11) is 1.94. The molecule has 2 heterocycles. The molecule has 1 amide bonds. The van der Waals surface area contributed by atoms with E-state index in [1.54, 1.807) is 0 Å². The molecule has 1 aromatic heterocycles. The smallest absolute Gasteiger partial charge is 0.225 e. The van der Waals surface area contributed by atoms with Gasteiger partial charge in [-0.25, -0.2) is 4.99 Å². The molecule has 0 radical (unpaired) electrons. The number of hydrogen-bond acceptors (Lipinski definition) is 5. The lowest BCUT2D eigenvalue weighted by Gasteiger charge is -2.20. The molecule has 1 aliphatic heterocycles. The van der Waals surface area contributed by atoms with Crippen molar-refractivity contribution in [1.29, 1.82) is 0 Å². The molecule has 0 spiro atoms. The van der Waals surface area contributed by atoms with Crippen LogP contribution in [0.2, 0.25) is 0 Å². The monoisotopic (exact) mass is 521 g/mol. The number of likely N-dealkylation sites (tertiary alicyclic amines) is 1. The van der Waals surface area contributed by atoms with Gasteiger partial charge in [0.25, 0.3) is 0 Å². The first-order valence-electron chi connectivity index (χ1n) is 10.2. The minimum atomic E-state index is 0. The van der Waals surface area contributed by atoms with Gasteiger partial charge in [-0.2, -0.15) is 0 Å². The van der Waals surface area contributed by atoms with Crippen molar-refractivity contribution in [2.75, 3.05) is 32.8 Å². The highest BCUT2D eigenvalue weighted by molar-refractivity contribution is 14.0. The zero-order chi connectivity index (χ0) is 20.5. The molecule has 166 valence electrons. The second kappa shape index (κ2) is 13.0. The first-order valence-corrected chi connectivity index (χ1v) is 10.2. The predicted octanol–water partition coefficient (Wildman–Crippen LogP) is 1.46. The number of carbonyl (C=O) groups is 1. The molecular weight excluding hydrogens is 485 g/mol. The number of nitrogens with one attached hydrogen (secondary N) is 2. The molecule has 0 bridgehead atoms. The van der Waals surface area contributed by atoms with Crippen LogP contribution in [-0.2, 0) is 23.1 Å². The van der Waals surface area contributed by atoms with Crippen molar-refractivity contribution in [2.24, 2.45) is 18.0 Å². The molecule has 1 unspecified atom stereocenters. The fourth-order valence-corrected chi connectivity index (χ4v) is 3.05. The highest BCUT2D eigenvalue weighted by atomic mass is 127. The molecule has 1 atom stereocenters. The minimum absolute atomic E-state index is 0. The molecular formula is C19H36IN7O2. The van der Waals surface area contributed by atoms with Crippen molar-refractivity contribution >= 4 is 35.8 Å². The summed E-state index contributed by atoms with van der Waals surface area (Å²) in [5.41, 5.74) is 0. The van der Waals surface area contributed by atoms with Crippen LogP contribution in [-0.4, -0.2) is 70.4 Å². The van der Waals surface area contributed by atoms with E-state index in [9.17, 15) is 4.79 Å². The predicted molar refractivity (Wildman–Crippen MR) is 124 cm³/mol. The van der Waals surface area contributed by atoms with Crippen molar-refractivity contribution in [3.05, 3.63) is 11.6 Å². The number of guanidine groups is 1. The van der Waals surface area contributed by atoms with E-state index in [4.69, 9.17) is 4.74 Å². The lowest BCUT2D eigenvalue weighted by Crippen LogP contribution is -2.45. The molecule has 2 rings (SSSR count). The summed E-state index contributed by atoms with van der Waals surface area (Å²) in [5, 5.41) is 15.1.